The van der Waals surface area contributed by atoms with Gasteiger partial charge >= 0.3 is 5.69 Å². The smallest absolute Gasteiger partial charge is 0.330 e. The summed E-state index contributed by atoms with van der Waals surface area (Å²) in [6.45, 7) is 2.40. The molecular formula is C32H33FN2O7. The molecule has 1 aliphatic rings. The summed E-state index contributed by atoms with van der Waals surface area (Å²) in [5.74, 6) is 1.31. The van der Waals surface area contributed by atoms with Gasteiger partial charge in [-0.25, -0.2) is 9.18 Å². The highest BCUT2D eigenvalue weighted by molar-refractivity contribution is 5.49. The van der Waals surface area contributed by atoms with Crippen LogP contribution < -0.4 is 20.7 Å². The van der Waals surface area contributed by atoms with Crippen molar-refractivity contribution < 1.29 is 28.4 Å². The molecule has 220 valence electrons. The van der Waals surface area contributed by atoms with Gasteiger partial charge in [0.1, 0.15) is 29.3 Å². The maximum atomic E-state index is 16.1. The first-order chi connectivity index (χ1) is 20.1. The standard InChI is InChI=1S/C32H33FN2O7/c1-20-18-35(30(38)34-28(20)37)29-31(2,33)27(36)26(42-29)19-41-32(21-8-6-5-7-9-21,22-10-14-24(39-3)15-11-22)23-12-16-25(40-4)17-13-23/h5-18,26-27,29,36H,19H2,1-4H3,(H,34,37,38)/t26-,27-,29-,31-/m1/s1. The summed E-state index contributed by atoms with van der Waals surface area (Å²) < 4.78 is 40.5. The van der Waals surface area contributed by atoms with Gasteiger partial charge in [-0.15, -0.1) is 0 Å². The number of nitrogens with zero attached hydrogens (tertiary/aromatic N) is 1. The number of halogens is 1. The minimum atomic E-state index is -2.38. The highest BCUT2D eigenvalue weighted by atomic mass is 19.1. The topological polar surface area (TPSA) is 112 Å². The Balaban J connectivity index is 1.58. The molecule has 0 saturated carbocycles. The molecule has 9 nitrogen and oxygen atoms in total. The van der Waals surface area contributed by atoms with E-state index >= 15 is 4.39 Å². The normalized spacial score (nSPS) is 22.2. The molecule has 42 heavy (non-hydrogen) atoms. The lowest BCUT2D eigenvalue weighted by atomic mass is 9.80. The fourth-order valence-corrected chi connectivity index (χ4v) is 5.39. The molecule has 10 heteroatoms. The third-order valence-corrected chi connectivity index (χ3v) is 7.75. The molecule has 0 radical (unpaired) electrons. The van der Waals surface area contributed by atoms with Crippen LogP contribution in [0, 0.1) is 6.92 Å². The fourth-order valence-electron chi connectivity index (χ4n) is 5.39. The highest BCUT2D eigenvalue weighted by Gasteiger charge is 2.56. The summed E-state index contributed by atoms with van der Waals surface area (Å²) in [5, 5.41) is 11.1. The second kappa shape index (κ2) is 11.6. The van der Waals surface area contributed by atoms with Crippen molar-refractivity contribution in [3.05, 3.63) is 128 Å². The number of aliphatic hydroxyl groups is 1. The SMILES string of the molecule is COc1ccc(C(OC[C@H]2O[C@@H](n3cc(C)c(=O)[nH]c3=O)[C@](C)(F)[C@@H]2O)(c2ccccc2)c2ccc(OC)cc2)cc1. The van der Waals surface area contributed by atoms with Crippen molar-refractivity contribution in [2.24, 2.45) is 0 Å². The molecule has 3 aromatic carbocycles. The number of aryl methyl sites for hydroxylation is 1. The molecule has 1 aliphatic heterocycles. The van der Waals surface area contributed by atoms with Crippen LogP contribution in [0.15, 0.2) is 94.6 Å². The fraction of sp³-hybridized carbons (Fsp3) is 0.312. The van der Waals surface area contributed by atoms with Crippen LogP contribution in [-0.2, 0) is 15.1 Å². The number of hydrogen-bond donors (Lipinski definition) is 2. The van der Waals surface area contributed by atoms with Gasteiger partial charge in [-0.2, -0.15) is 0 Å². The summed E-state index contributed by atoms with van der Waals surface area (Å²) in [5.41, 5.74) is -2.55. The lowest BCUT2D eigenvalue weighted by Crippen LogP contribution is -2.44. The van der Waals surface area contributed by atoms with E-state index < -0.39 is 41.0 Å². The van der Waals surface area contributed by atoms with Gasteiger partial charge in [0, 0.05) is 11.8 Å². The van der Waals surface area contributed by atoms with E-state index in [4.69, 9.17) is 18.9 Å². The minimum Gasteiger partial charge on any atom is -0.497 e. The van der Waals surface area contributed by atoms with Crippen LogP contribution in [0.5, 0.6) is 11.5 Å². The Morgan fingerprint density at radius 3 is 1.98 bits per heavy atom. The molecule has 5 rings (SSSR count). The number of aliphatic hydroxyl groups excluding tert-OH is 1. The Morgan fingerprint density at radius 1 is 0.929 bits per heavy atom. The van der Waals surface area contributed by atoms with E-state index in [1.54, 1.807) is 14.2 Å². The van der Waals surface area contributed by atoms with Gasteiger partial charge in [0.15, 0.2) is 11.9 Å². The lowest BCUT2D eigenvalue weighted by molar-refractivity contribution is -0.0968. The van der Waals surface area contributed by atoms with E-state index in [-0.39, 0.29) is 12.2 Å². The second-order valence-electron chi connectivity index (χ2n) is 10.4. The van der Waals surface area contributed by atoms with Crippen LogP contribution in [0.1, 0.15) is 35.4 Å². The molecule has 2 N–H and O–H groups in total. The number of alkyl halides is 1. The zero-order valence-corrected chi connectivity index (χ0v) is 23.7. The van der Waals surface area contributed by atoms with Gasteiger partial charge in [-0.05, 0) is 54.8 Å². The third kappa shape index (κ3) is 5.13. The van der Waals surface area contributed by atoms with E-state index in [2.05, 4.69) is 4.98 Å². The van der Waals surface area contributed by atoms with Crippen molar-refractivity contribution >= 4 is 0 Å². The maximum absolute atomic E-state index is 16.1. The predicted molar refractivity (Wildman–Crippen MR) is 154 cm³/mol. The Morgan fingerprint density at radius 2 is 1.45 bits per heavy atom. The van der Waals surface area contributed by atoms with Crippen LogP contribution in [0.2, 0.25) is 0 Å². The Hall–Kier alpha value is -4.25. The highest BCUT2D eigenvalue weighted by Crippen LogP contribution is 2.45. The minimum absolute atomic E-state index is 0.199. The zero-order valence-electron chi connectivity index (χ0n) is 23.7. The first kappa shape index (κ1) is 29.2. The molecule has 1 aromatic heterocycles. The monoisotopic (exact) mass is 576 g/mol. The van der Waals surface area contributed by atoms with E-state index in [1.807, 2.05) is 78.9 Å². The predicted octanol–water partition coefficient (Wildman–Crippen LogP) is 3.86. The van der Waals surface area contributed by atoms with Crippen molar-refractivity contribution in [1.82, 2.24) is 9.55 Å². The van der Waals surface area contributed by atoms with Gasteiger partial charge in [0.2, 0.25) is 0 Å². The average Bonchev–Trinajstić information content (AvgIpc) is 3.23. The Kier molecular flexibility index (Phi) is 8.05. The number of rotatable bonds is 9. The van der Waals surface area contributed by atoms with Crippen LogP contribution in [-0.4, -0.2) is 53.4 Å². The first-order valence-corrected chi connectivity index (χ1v) is 13.4. The zero-order chi connectivity index (χ0) is 30.1. The number of methoxy groups -OCH3 is 2. The molecule has 1 fully saturated rings. The average molecular weight is 577 g/mol. The van der Waals surface area contributed by atoms with Gasteiger partial charge in [-0.1, -0.05) is 54.6 Å². The molecule has 0 bridgehead atoms. The van der Waals surface area contributed by atoms with Gasteiger partial charge < -0.3 is 24.1 Å². The van der Waals surface area contributed by atoms with Crippen LogP contribution in [0.3, 0.4) is 0 Å². The van der Waals surface area contributed by atoms with Gasteiger partial charge in [0.25, 0.3) is 5.56 Å². The molecule has 1 saturated heterocycles. The quantitative estimate of drug-likeness (QED) is 0.291. The molecule has 2 heterocycles. The number of ether oxygens (including phenoxy) is 4. The summed E-state index contributed by atoms with van der Waals surface area (Å²) in [6, 6.07) is 24.3. The van der Waals surface area contributed by atoms with E-state index in [9.17, 15) is 14.7 Å². The molecule has 0 unspecified atom stereocenters. The van der Waals surface area contributed by atoms with Crippen molar-refractivity contribution in [3.63, 3.8) is 0 Å². The summed E-state index contributed by atoms with van der Waals surface area (Å²) >= 11 is 0. The molecule has 0 aliphatic carbocycles. The lowest BCUT2D eigenvalue weighted by Gasteiger charge is -2.37. The van der Waals surface area contributed by atoms with Crippen LogP contribution in [0.4, 0.5) is 4.39 Å². The summed E-state index contributed by atoms with van der Waals surface area (Å²) in [4.78, 5) is 26.7. The van der Waals surface area contributed by atoms with Crippen molar-refractivity contribution in [3.8, 4) is 11.5 Å². The second-order valence-corrected chi connectivity index (χ2v) is 10.4. The summed E-state index contributed by atoms with van der Waals surface area (Å²) in [7, 11) is 3.16. The maximum Gasteiger partial charge on any atom is 0.330 e. The number of nitrogens with one attached hydrogen (secondary N) is 1. The molecular weight excluding hydrogens is 543 g/mol. The molecule has 0 spiro atoms. The van der Waals surface area contributed by atoms with E-state index in [0.717, 1.165) is 28.2 Å². The Labute approximate surface area is 242 Å². The Bertz CT molecular complexity index is 1590. The van der Waals surface area contributed by atoms with Crippen molar-refractivity contribution in [2.75, 3.05) is 20.8 Å². The van der Waals surface area contributed by atoms with Crippen molar-refractivity contribution in [1.29, 1.82) is 0 Å². The van der Waals surface area contributed by atoms with Gasteiger partial charge in [-0.3, -0.25) is 14.3 Å². The third-order valence-electron chi connectivity index (χ3n) is 7.75. The van der Waals surface area contributed by atoms with Crippen LogP contribution >= 0.6 is 0 Å². The van der Waals surface area contributed by atoms with E-state index in [0.29, 0.717) is 11.5 Å². The number of benzene rings is 3. The largest absolute Gasteiger partial charge is 0.497 e. The van der Waals surface area contributed by atoms with E-state index in [1.165, 1.54) is 13.1 Å². The molecule has 4 atom stereocenters. The van der Waals surface area contributed by atoms with Crippen LogP contribution in [0.25, 0.3) is 0 Å². The number of aromatic amines is 1. The first-order valence-electron chi connectivity index (χ1n) is 13.4. The summed E-state index contributed by atoms with van der Waals surface area (Å²) in [6.07, 6.45) is -3.09. The van der Waals surface area contributed by atoms with Crippen molar-refractivity contribution in [2.45, 2.75) is 43.6 Å². The molecule has 0 amide bonds. The number of aromatic nitrogens is 2. The number of hydrogen-bond acceptors (Lipinski definition) is 7. The number of H-pyrrole nitrogens is 1. The van der Waals surface area contributed by atoms with Gasteiger partial charge in [0.05, 0.1) is 20.8 Å². The molecule has 4 aromatic rings.